The molecule has 0 aliphatic heterocycles. The molecular formula is C15H17N3O3. The van der Waals surface area contributed by atoms with Crippen LogP contribution in [0.25, 0.3) is 0 Å². The number of nitrogens with one attached hydrogen (secondary N) is 1. The summed E-state index contributed by atoms with van der Waals surface area (Å²) in [7, 11) is 0. The van der Waals surface area contributed by atoms with E-state index in [2.05, 4.69) is 5.32 Å². The second kappa shape index (κ2) is 7.70. The highest BCUT2D eigenvalue weighted by molar-refractivity contribution is 6.06. The number of carboxylic acids is 1. The van der Waals surface area contributed by atoms with E-state index in [1.165, 1.54) is 30.5 Å². The van der Waals surface area contributed by atoms with Crippen LogP contribution >= 0.6 is 0 Å². The van der Waals surface area contributed by atoms with Crippen molar-refractivity contribution in [1.82, 2.24) is 4.90 Å². The Labute approximate surface area is 123 Å². The number of carboxylic acid groups (broad SMARTS) is 1. The minimum Gasteiger partial charge on any atom is -0.478 e. The van der Waals surface area contributed by atoms with E-state index in [9.17, 15) is 9.59 Å². The van der Waals surface area contributed by atoms with Crippen LogP contribution in [0.3, 0.4) is 0 Å². The van der Waals surface area contributed by atoms with Crippen LogP contribution in [-0.4, -0.2) is 35.0 Å². The van der Waals surface area contributed by atoms with Crippen molar-refractivity contribution < 1.29 is 14.7 Å². The summed E-state index contributed by atoms with van der Waals surface area (Å²) in [5.41, 5.74) is 0.568. The van der Waals surface area contributed by atoms with Crippen molar-refractivity contribution in [1.29, 1.82) is 5.26 Å². The van der Waals surface area contributed by atoms with Gasteiger partial charge >= 0.3 is 5.97 Å². The minimum absolute atomic E-state index is 0.000936. The maximum atomic E-state index is 12.0. The Morgan fingerprint density at radius 3 is 2.29 bits per heavy atom. The van der Waals surface area contributed by atoms with Gasteiger partial charge in [0.1, 0.15) is 11.6 Å². The number of nitriles is 1. The lowest BCUT2D eigenvalue weighted by Gasteiger charge is -2.15. The van der Waals surface area contributed by atoms with Gasteiger partial charge in [0.25, 0.3) is 5.91 Å². The highest BCUT2D eigenvalue weighted by Crippen LogP contribution is 2.11. The van der Waals surface area contributed by atoms with Gasteiger partial charge in [0, 0.05) is 25.0 Å². The molecule has 0 spiro atoms. The fraction of sp³-hybridized carbons (Fsp3) is 0.267. The van der Waals surface area contributed by atoms with Gasteiger partial charge in [0.15, 0.2) is 0 Å². The van der Waals surface area contributed by atoms with Crippen LogP contribution < -0.4 is 5.32 Å². The minimum atomic E-state index is -1.04. The fourth-order valence-electron chi connectivity index (χ4n) is 1.62. The summed E-state index contributed by atoms with van der Waals surface area (Å²) in [6.45, 7) is 5.25. The topological polar surface area (TPSA) is 93.4 Å². The number of hydrogen-bond acceptors (Lipinski definition) is 4. The standard InChI is InChI=1S/C15H17N3O3/c1-3-18(4-2)10-12(9-16)14(19)17-13-7-5-11(6-8-13)15(20)21/h5-8,10H,3-4H2,1-2H3,(H,17,19)(H,20,21)/b12-10-. The Balaban J connectivity index is 2.83. The Kier molecular flexibility index (Phi) is 5.96. The highest BCUT2D eigenvalue weighted by atomic mass is 16.4. The first kappa shape index (κ1) is 16.2. The zero-order valence-corrected chi connectivity index (χ0v) is 12.0. The van der Waals surface area contributed by atoms with Gasteiger partial charge in [-0.1, -0.05) is 0 Å². The second-order valence-electron chi connectivity index (χ2n) is 4.21. The quantitative estimate of drug-likeness (QED) is 0.617. The smallest absolute Gasteiger partial charge is 0.335 e. The second-order valence-corrected chi connectivity index (χ2v) is 4.21. The molecule has 2 N–H and O–H groups in total. The Hall–Kier alpha value is -2.81. The summed E-state index contributed by atoms with van der Waals surface area (Å²) >= 11 is 0. The van der Waals surface area contributed by atoms with Crippen LogP contribution in [0.4, 0.5) is 5.69 Å². The zero-order valence-electron chi connectivity index (χ0n) is 12.0. The van der Waals surface area contributed by atoms with E-state index in [1.54, 1.807) is 0 Å². The van der Waals surface area contributed by atoms with Crippen LogP contribution in [0, 0.1) is 11.3 Å². The number of hydrogen-bond donors (Lipinski definition) is 2. The first-order valence-electron chi connectivity index (χ1n) is 6.52. The van der Waals surface area contributed by atoms with E-state index in [0.717, 1.165) is 0 Å². The highest BCUT2D eigenvalue weighted by Gasteiger charge is 2.11. The molecule has 1 rings (SSSR count). The number of carbonyl (C=O) groups is 2. The summed E-state index contributed by atoms with van der Waals surface area (Å²) in [5.74, 6) is -1.56. The third-order valence-corrected chi connectivity index (χ3v) is 2.88. The zero-order chi connectivity index (χ0) is 15.8. The molecule has 21 heavy (non-hydrogen) atoms. The monoisotopic (exact) mass is 287 g/mol. The fourth-order valence-corrected chi connectivity index (χ4v) is 1.62. The molecule has 1 aromatic rings. The van der Waals surface area contributed by atoms with Crippen molar-refractivity contribution in [3.8, 4) is 6.07 Å². The molecule has 0 aromatic heterocycles. The summed E-state index contributed by atoms with van der Waals surface area (Å²) in [5, 5.41) is 20.4. The lowest BCUT2D eigenvalue weighted by atomic mass is 10.2. The largest absolute Gasteiger partial charge is 0.478 e. The van der Waals surface area contributed by atoms with Gasteiger partial charge in [-0.3, -0.25) is 4.79 Å². The number of nitrogens with zero attached hydrogens (tertiary/aromatic N) is 2. The van der Waals surface area contributed by atoms with Crippen molar-refractivity contribution >= 4 is 17.6 Å². The summed E-state index contributed by atoms with van der Waals surface area (Å²) in [6.07, 6.45) is 1.51. The predicted molar refractivity (Wildman–Crippen MR) is 78.6 cm³/mol. The molecule has 0 unspecified atom stereocenters. The summed E-state index contributed by atoms with van der Waals surface area (Å²) < 4.78 is 0. The molecule has 1 aromatic carbocycles. The Morgan fingerprint density at radius 2 is 1.86 bits per heavy atom. The van der Waals surface area contributed by atoms with Crippen molar-refractivity contribution in [2.24, 2.45) is 0 Å². The van der Waals surface area contributed by atoms with Crippen LogP contribution in [-0.2, 0) is 4.79 Å². The molecule has 0 radical (unpaired) electrons. The van der Waals surface area contributed by atoms with E-state index < -0.39 is 11.9 Å². The molecule has 0 atom stereocenters. The molecule has 6 nitrogen and oxygen atoms in total. The molecule has 0 saturated heterocycles. The normalized spacial score (nSPS) is 10.6. The number of benzene rings is 1. The SMILES string of the molecule is CCN(/C=C(/C#N)C(=O)Nc1ccc(C(=O)O)cc1)CC. The first-order chi connectivity index (χ1) is 10.0. The molecule has 0 aliphatic carbocycles. The maximum absolute atomic E-state index is 12.0. The molecule has 0 bridgehead atoms. The molecule has 0 aliphatic rings. The van der Waals surface area contributed by atoms with Crippen LogP contribution in [0.1, 0.15) is 24.2 Å². The van der Waals surface area contributed by atoms with Gasteiger partial charge in [0.05, 0.1) is 5.56 Å². The van der Waals surface area contributed by atoms with Gasteiger partial charge in [-0.2, -0.15) is 5.26 Å². The maximum Gasteiger partial charge on any atom is 0.335 e. The van der Waals surface area contributed by atoms with Gasteiger partial charge in [-0.05, 0) is 38.1 Å². The summed E-state index contributed by atoms with van der Waals surface area (Å²) in [6, 6.07) is 7.60. The third-order valence-electron chi connectivity index (χ3n) is 2.88. The van der Waals surface area contributed by atoms with Gasteiger partial charge in [-0.25, -0.2) is 4.79 Å². The van der Waals surface area contributed by atoms with Crippen molar-refractivity contribution in [2.75, 3.05) is 18.4 Å². The average Bonchev–Trinajstić information content (AvgIpc) is 2.49. The Morgan fingerprint density at radius 1 is 1.29 bits per heavy atom. The molecule has 110 valence electrons. The van der Waals surface area contributed by atoms with E-state index in [1.807, 2.05) is 24.8 Å². The molecular weight excluding hydrogens is 270 g/mol. The summed E-state index contributed by atoms with van der Waals surface area (Å²) in [4.78, 5) is 24.6. The van der Waals surface area contributed by atoms with Gasteiger partial charge in [-0.15, -0.1) is 0 Å². The van der Waals surface area contributed by atoms with E-state index in [0.29, 0.717) is 18.8 Å². The molecule has 0 heterocycles. The van der Waals surface area contributed by atoms with E-state index in [4.69, 9.17) is 10.4 Å². The third kappa shape index (κ3) is 4.66. The van der Waals surface area contributed by atoms with Crippen LogP contribution in [0.2, 0.25) is 0 Å². The van der Waals surface area contributed by atoms with Gasteiger partial charge < -0.3 is 15.3 Å². The predicted octanol–water partition coefficient (Wildman–Crippen LogP) is 2.07. The molecule has 0 saturated carbocycles. The molecule has 1 amide bonds. The van der Waals surface area contributed by atoms with Gasteiger partial charge in [0.2, 0.25) is 0 Å². The number of aromatic carboxylic acids is 1. The van der Waals surface area contributed by atoms with Crippen molar-refractivity contribution in [2.45, 2.75) is 13.8 Å². The lowest BCUT2D eigenvalue weighted by molar-refractivity contribution is -0.112. The van der Waals surface area contributed by atoms with Crippen LogP contribution in [0.15, 0.2) is 36.0 Å². The van der Waals surface area contributed by atoms with Crippen molar-refractivity contribution in [3.05, 3.63) is 41.6 Å². The van der Waals surface area contributed by atoms with E-state index >= 15 is 0 Å². The number of carbonyl (C=O) groups excluding carboxylic acids is 1. The number of rotatable bonds is 6. The average molecular weight is 287 g/mol. The molecule has 6 heteroatoms. The number of amides is 1. The van der Waals surface area contributed by atoms with Crippen molar-refractivity contribution in [3.63, 3.8) is 0 Å². The van der Waals surface area contributed by atoms with Crippen LogP contribution in [0.5, 0.6) is 0 Å². The lowest BCUT2D eigenvalue weighted by Crippen LogP contribution is -2.20. The molecule has 0 fully saturated rings. The number of anilines is 1. The first-order valence-corrected chi connectivity index (χ1v) is 6.52. The van der Waals surface area contributed by atoms with E-state index in [-0.39, 0.29) is 11.1 Å². The Bertz CT molecular complexity index is 581.